The van der Waals surface area contributed by atoms with E-state index in [1.54, 1.807) is 23.1 Å². The number of nitrogens with zero attached hydrogens (tertiary/aromatic N) is 1. The first kappa shape index (κ1) is 14.5. The lowest BCUT2D eigenvalue weighted by Gasteiger charge is -2.35. The van der Waals surface area contributed by atoms with Gasteiger partial charge < -0.3 is 4.90 Å². The highest BCUT2D eigenvalue weighted by Gasteiger charge is 2.26. The van der Waals surface area contributed by atoms with Crippen molar-refractivity contribution in [2.24, 2.45) is 0 Å². The molecule has 0 aromatic heterocycles. The summed E-state index contributed by atoms with van der Waals surface area (Å²) in [4.78, 5) is 14.0. The number of halogens is 2. The molecule has 0 radical (unpaired) electrons. The zero-order valence-electron chi connectivity index (χ0n) is 10.6. The summed E-state index contributed by atoms with van der Waals surface area (Å²) >= 11 is 9.30. The lowest BCUT2D eigenvalue weighted by Crippen LogP contribution is -2.44. The predicted molar refractivity (Wildman–Crippen MR) is 75.6 cm³/mol. The standard InChI is InChI=1S/C13H17BrClNO/c1-5-13(2,3)16(4)12(17)9-6-7-10(14)11(15)8-9/h6-8H,5H2,1-4H3. The average molecular weight is 319 g/mol. The summed E-state index contributed by atoms with van der Waals surface area (Å²) in [5, 5.41) is 0.554. The smallest absolute Gasteiger partial charge is 0.254 e. The quantitative estimate of drug-likeness (QED) is 0.810. The highest BCUT2D eigenvalue weighted by Crippen LogP contribution is 2.25. The predicted octanol–water partition coefficient (Wildman–Crippen LogP) is 4.36. The topological polar surface area (TPSA) is 20.3 Å². The van der Waals surface area contributed by atoms with Crippen LogP contribution in [0.5, 0.6) is 0 Å². The summed E-state index contributed by atoms with van der Waals surface area (Å²) in [6.45, 7) is 6.16. The molecule has 1 rings (SSSR count). The maximum atomic E-state index is 12.3. The van der Waals surface area contributed by atoms with Gasteiger partial charge in [0.2, 0.25) is 0 Å². The van der Waals surface area contributed by atoms with E-state index in [9.17, 15) is 4.79 Å². The Morgan fingerprint density at radius 2 is 2.06 bits per heavy atom. The van der Waals surface area contributed by atoms with Gasteiger partial charge in [0.05, 0.1) is 5.02 Å². The summed E-state index contributed by atoms with van der Waals surface area (Å²) < 4.78 is 0.799. The average Bonchev–Trinajstić information content (AvgIpc) is 2.30. The molecule has 0 unspecified atom stereocenters. The second-order valence-electron chi connectivity index (χ2n) is 4.66. The summed E-state index contributed by atoms with van der Waals surface area (Å²) in [6.07, 6.45) is 0.902. The Morgan fingerprint density at radius 3 is 2.53 bits per heavy atom. The van der Waals surface area contributed by atoms with Gasteiger partial charge in [0.25, 0.3) is 5.91 Å². The fourth-order valence-electron chi connectivity index (χ4n) is 1.33. The van der Waals surface area contributed by atoms with E-state index in [4.69, 9.17) is 11.6 Å². The van der Waals surface area contributed by atoms with E-state index in [0.29, 0.717) is 10.6 Å². The summed E-state index contributed by atoms with van der Waals surface area (Å²) in [6, 6.07) is 5.26. The summed E-state index contributed by atoms with van der Waals surface area (Å²) in [5.74, 6) is -0.00810. The minimum absolute atomic E-state index is 0.00810. The van der Waals surface area contributed by atoms with Crippen LogP contribution in [0.1, 0.15) is 37.6 Å². The van der Waals surface area contributed by atoms with E-state index in [2.05, 4.69) is 22.9 Å². The van der Waals surface area contributed by atoms with E-state index < -0.39 is 0 Å². The molecule has 1 amide bonds. The molecule has 0 heterocycles. The third kappa shape index (κ3) is 3.23. The number of rotatable bonds is 3. The monoisotopic (exact) mass is 317 g/mol. The van der Waals surface area contributed by atoms with Gasteiger partial charge in [-0.05, 0) is 54.4 Å². The zero-order chi connectivity index (χ0) is 13.2. The Bertz CT molecular complexity index is 431. The maximum absolute atomic E-state index is 12.3. The highest BCUT2D eigenvalue weighted by molar-refractivity contribution is 9.10. The van der Waals surface area contributed by atoms with Crippen molar-refractivity contribution in [3.05, 3.63) is 33.3 Å². The van der Waals surface area contributed by atoms with Crippen LogP contribution in [0.3, 0.4) is 0 Å². The van der Waals surface area contributed by atoms with Crippen LogP contribution >= 0.6 is 27.5 Å². The largest absolute Gasteiger partial charge is 0.337 e. The Kier molecular flexibility index (Phi) is 4.62. The van der Waals surface area contributed by atoms with Crippen molar-refractivity contribution >= 4 is 33.4 Å². The highest BCUT2D eigenvalue weighted by atomic mass is 79.9. The Balaban J connectivity index is 3.01. The van der Waals surface area contributed by atoms with Crippen LogP contribution in [0, 0.1) is 0 Å². The van der Waals surface area contributed by atoms with Crippen LogP contribution in [0.2, 0.25) is 5.02 Å². The molecule has 0 saturated carbocycles. The molecule has 0 aliphatic carbocycles. The number of hydrogen-bond acceptors (Lipinski definition) is 1. The number of hydrogen-bond donors (Lipinski definition) is 0. The summed E-state index contributed by atoms with van der Waals surface area (Å²) in [5.41, 5.74) is 0.457. The van der Waals surface area contributed by atoms with Gasteiger partial charge in [-0.3, -0.25) is 4.79 Å². The minimum atomic E-state index is -0.156. The van der Waals surface area contributed by atoms with Crippen LogP contribution in [0.25, 0.3) is 0 Å². The van der Waals surface area contributed by atoms with Crippen molar-refractivity contribution in [2.75, 3.05) is 7.05 Å². The Labute approximate surface area is 116 Å². The van der Waals surface area contributed by atoms with Gasteiger partial charge >= 0.3 is 0 Å². The van der Waals surface area contributed by atoms with Gasteiger partial charge in [0.15, 0.2) is 0 Å². The zero-order valence-corrected chi connectivity index (χ0v) is 12.9. The first-order chi connectivity index (χ1) is 7.79. The van der Waals surface area contributed by atoms with Gasteiger partial charge in [-0.15, -0.1) is 0 Å². The molecule has 2 nitrogen and oxygen atoms in total. The molecule has 0 fully saturated rings. The summed E-state index contributed by atoms with van der Waals surface area (Å²) in [7, 11) is 1.82. The van der Waals surface area contributed by atoms with Crippen molar-refractivity contribution in [1.29, 1.82) is 0 Å². The van der Waals surface area contributed by atoms with Crippen molar-refractivity contribution in [3.63, 3.8) is 0 Å². The molecule has 0 spiro atoms. The Hall–Kier alpha value is -0.540. The van der Waals surface area contributed by atoms with Gasteiger partial charge in [-0.1, -0.05) is 18.5 Å². The van der Waals surface area contributed by atoms with Crippen molar-refractivity contribution in [3.8, 4) is 0 Å². The first-order valence-corrected chi connectivity index (χ1v) is 6.70. The molecule has 4 heteroatoms. The van der Waals surface area contributed by atoms with Gasteiger partial charge in [-0.25, -0.2) is 0 Å². The molecule has 0 saturated heterocycles. The maximum Gasteiger partial charge on any atom is 0.254 e. The SMILES string of the molecule is CCC(C)(C)N(C)C(=O)c1ccc(Br)c(Cl)c1. The fraction of sp³-hybridized carbons (Fsp3) is 0.462. The molecule has 1 aromatic rings. The van der Waals surface area contributed by atoms with Crippen LogP contribution in [0.4, 0.5) is 0 Å². The number of carbonyl (C=O) groups excluding carboxylic acids is 1. The van der Waals surface area contributed by atoms with Crippen molar-refractivity contribution in [2.45, 2.75) is 32.7 Å². The molecule has 0 aliphatic heterocycles. The van der Waals surface area contributed by atoms with E-state index in [0.717, 1.165) is 10.9 Å². The Morgan fingerprint density at radius 1 is 1.47 bits per heavy atom. The number of amides is 1. The number of benzene rings is 1. The van der Waals surface area contributed by atoms with Crippen LogP contribution < -0.4 is 0 Å². The van der Waals surface area contributed by atoms with Crippen molar-refractivity contribution in [1.82, 2.24) is 4.90 Å². The van der Waals surface area contributed by atoms with Gasteiger partial charge in [0.1, 0.15) is 0 Å². The molecule has 0 bridgehead atoms. The lowest BCUT2D eigenvalue weighted by atomic mass is 9.99. The molecule has 1 aromatic carbocycles. The molecule has 0 N–H and O–H groups in total. The second-order valence-corrected chi connectivity index (χ2v) is 5.92. The molecule has 0 atom stereocenters. The van der Waals surface area contributed by atoms with Crippen LogP contribution in [0.15, 0.2) is 22.7 Å². The third-order valence-corrected chi connectivity index (χ3v) is 4.48. The lowest BCUT2D eigenvalue weighted by molar-refractivity contribution is 0.0620. The van der Waals surface area contributed by atoms with E-state index in [1.807, 2.05) is 20.9 Å². The molecule has 17 heavy (non-hydrogen) atoms. The third-order valence-electron chi connectivity index (χ3n) is 3.24. The van der Waals surface area contributed by atoms with E-state index in [1.165, 1.54) is 0 Å². The molecule has 0 aliphatic rings. The minimum Gasteiger partial charge on any atom is -0.337 e. The van der Waals surface area contributed by atoms with Gasteiger partial charge in [0, 0.05) is 22.6 Å². The molecular weight excluding hydrogens is 302 g/mol. The van der Waals surface area contributed by atoms with Crippen LogP contribution in [-0.4, -0.2) is 23.4 Å². The second kappa shape index (κ2) is 5.40. The normalized spacial score (nSPS) is 11.4. The fourth-order valence-corrected chi connectivity index (χ4v) is 1.76. The first-order valence-electron chi connectivity index (χ1n) is 5.53. The van der Waals surface area contributed by atoms with Crippen molar-refractivity contribution < 1.29 is 4.79 Å². The van der Waals surface area contributed by atoms with E-state index in [-0.39, 0.29) is 11.4 Å². The van der Waals surface area contributed by atoms with Crippen LogP contribution in [-0.2, 0) is 0 Å². The molecular formula is C13H17BrClNO. The number of carbonyl (C=O) groups is 1. The van der Waals surface area contributed by atoms with Gasteiger partial charge in [-0.2, -0.15) is 0 Å². The molecule has 94 valence electrons. The van der Waals surface area contributed by atoms with E-state index >= 15 is 0 Å².